The van der Waals surface area contributed by atoms with Gasteiger partial charge in [-0.1, -0.05) is 51.1 Å². The van der Waals surface area contributed by atoms with Gasteiger partial charge in [0, 0.05) is 7.11 Å². The summed E-state index contributed by atoms with van der Waals surface area (Å²) < 4.78 is 5.41. The highest BCUT2D eigenvalue weighted by atomic mass is 16.5. The van der Waals surface area contributed by atoms with Crippen LogP contribution in [-0.2, 0) is 4.74 Å². The van der Waals surface area contributed by atoms with Gasteiger partial charge in [-0.05, 0) is 23.8 Å². The molecule has 0 radical (unpaired) electrons. The van der Waals surface area contributed by atoms with Crippen LogP contribution < -0.4 is 0 Å². The van der Waals surface area contributed by atoms with Crippen LogP contribution in [0, 0.1) is 5.41 Å². The van der Waals surface area contributed by atoms with Gasteiger partial charge < -0.3 is 9.84 Å². The van der Waals surface area contributed by atoms with Crippen LogP contribution in [-0.4, -0.2) is 18.3 Å². The highest BCUT2D eigenvalue weighted by Gasteiger charge is 2.22. The summed E-state index contributed by atoms with van der Waals surface area (Å²) in [6.45, 7) is 6.55. The summed E-state index contributed by atoms with van der Waals surface area (Å²) in [6, 6.07) is 9.90. The third-order valence-corrected chi connectivity index (χ3v) is 2.92. The van der Waals surface area contributed by atoms with Gasteiger partial charge in [-0.3, -0.25) is 0 Å². The van der Waals surface area contributed by atoms with E-state index in [2.05, 4.69) is 20.8 Å². The van der Waals surface area contributed by atoms with Crippen LogP contribution in [0.2, 0.25) is 0 Å². The fourth-order valence-electron chi connectivity index (χ4n) is 1.89. The third kappa shape index (κ3) is 4.88. The predicted molar refractivity (Wildman–Crippen MR) is 70.9 cm³/mol. The van der Waals surface area contributed by atoms with E-state index in [1.54, 1.807) is 7.11 Å². The van der Waals surface area contributed by atoms with E-state index in [0.29, 0.717) is 0 Å². The molecule has 0 aliphatic heterocycles. The van der Waals surface area contributed by atoms with Crippen LogP contribution in [0.1, 0.15) is 45.3 Å². The largest absolute Gasteiger partial charge is 0.390 e. The normalized spacial score (nSPS) is 15.6. The Labute approximate surface area is 105 Å². The summed E-state index contributed by atoms with van der Waals surface area (Å²) in [5, 5.41) is 10.2. The van der Waals surface area contributed by atoms with Crippen molar-refractivity contribution in [1.29, 1.82) is 0 Å². The zero-order valence-electron chi connectivity index (χ0n) is 11.3. The quantitative estimate of drug-likeness (QED) is 0.847. The van der Waals surface area contributed by atoms with E-state index in [1.807, 2.05) is 30.3 Å². The van der Waals surface area contributed by atoms with Crippen molar-refractivity contribution in [2.24, 2.45) is 5.41 Å². The molecule has 1 N–H and O–H groups in total. The highest BCUT2D eigenvalue weighted by molar-refractivity contribution is 5.18. The SMILES string of the molecule is COC(c1ccccc1)C(O)CCC(C)(C)C. The van der Waals surface area contributed by atoms with E-state index in [9.17, 15) is 5.11 Å². The molecular weight excluding hydrogens is 212 g/mol. The standard InChI is InChI=1S/C15H24O2/c1-15(2,3)11-10-13(16)14(17-4)12-8-6-5-7-9-12/h5-9,13-14,16H,10-11H2,1-4H3. The number of aliphatic hydroxyl groups is 1. The number of aliphatic hydroxyl groups excluding tert-OH is 1. The van der Waals surface area contributed by atoms with E-state index in [-0.39, 0.29) is 11.5 Å². The molecule has 0 fully saturated rings. The van der Waals surface area contributed by atoms with Crippen LogP contribution in [0.5, 0.6) is 0 Å². The maximum Gasteiger partial charge on any atom is 0.108 e. The molecule has 1 rings (SSSR count). The molecule has 2 unspecified atom stereocenters. The second-order valence-electron chi connectivity index (χ2n) is 5.73. The third-order valence-electron chi connectivity index (χ3n) is 2.92. The van der Waals surface area contributed by atoms with Crippen molar-refractivity contribution < 1.29 is 9.84 Å². The number of ether oxygens (including phenoxy) is 1. The van der Waals surface area contributed by atoms with E-state index in [0.717, 1.165) is 18.4 Å². The molecule has 2 nitrogen and oxygen atoms in total. The fourth-order valence-corrected chi connectivity index (χ4v) is 1.89. The molecular formula is C15H24O2. The number of methoxy groups -OCH3 is 1. The second kappa shape index (κ2) is 6.18. The Morgan fingerprint density at radius 1 is 1.18 bits per heavy atom. The lowest BCUT2D eigenvalue weighted by Crippen LogP contribution is -2.22. The number of hydrogen-bond acceptors (Lipinski definition) is 2. The molecule has 0 bridgehead atoms. The Kier molecular flexibility index (Phi) is 5.16. The van der Waals surface area contributed by atoms with Gasteiger partial charge in [0.1, 0.15) is 6.10 Å². The molecule has 0 heterocycles. The Hall–Kier alpha value is -0.860. The van der Waals surface area contributed by atoms with Crippen LogP contribution in [0.15, 0.2) is 30.3 Å². The maximum atomic E-state index is 10.2. The van der Waals surface area contributed by atoms with Crippen molar-refractivity contribution in [3.63, 3.8) is 0 Å². The van der Waals surface area contributed by atoms with Crippen molar-refractivity contribution in [2.75, 3.05) is 7.11 Å². The van der Waals surface area contributed by atoms with Gasteiger partial charge >= 0.3 is 0 Å². The summed E-state index contributed by atoms with van der Waals surface area (Å²) in [5.74, 6) is 0. The molecule has 0 aromatic heterocycles. The molecule has 96 valence electrons. The van der Waals surface area contributed by atoms with Gasteiger partial charge in [0.2, 0.25) is 0 Å². The molecule has 1 aromatic carbocycles. The molecule has 0 aliphatic carbocycles. The molecule has 17 heavy (non-hydrogen) atoms. The van der Waals surface area contributed by atoms with Gasteiger partial charge in [0.25, 0.3) is 0 Å². The zero-order chi connectivity index (χ0) is 12.9. The summed E-state index contributed by atoms with van der Waals surface area (Å²) in [6.07, 6.45) is 1.08. The molecule has 0 amide bonds. The van der Waals surface area contributed by atoms with Gasteiger partial charge in [-0.25, -0.2) is 0 Å². The van der Waals surface area contributed by atoms with E-state index in [1.165, 1.54) is 0 Å². The average Bonchev–Trinajstić information content (AvgIpc) is 2.28. The molecule has 2 atom stereocenters. The Morgan fingerprint density at radius 2 is 1.76 bits per heavy atom. The van der Waals surface area contributed by atoms with Crippen molar-refractivity contribution in [3.05, 3.63) is 35.9 Å². The Morgan fingerprint density at radius 3 is 2.24 bits per heavy atom. The summed E-state index contributed by atoms with van der Waals surface area (Å²) in [5.41, 5.74) is 1.28. The first kappa shape index (κ1) is 14.2. The zero-order valence-corrected chi connectivity index (χ0v) is 11.3. The van der Waals surface area contributed by atoms with Crippen LogP contribution in [0.25, 0.3) is 0 Å². The lowest BCUT2D eigenvalue weighted by atomic mass is 9.87. The Balaban J connectivity index is 2.62. The van der Waals surface area contributed by atoms with Gasteiger partial charge in [0.15, 0.2) is 0 Å². The molecule has 0 saturated heterocycles. The first-order chi connectivity index (χ1) is 7.94. The highest BCUT2D eigenvalue weighted by Crippen LogP contribution is 2.28. The number of benzene rings is 1. The molecule has 0 spiro atoms. The molecule has 2 heteroatoms. The minimum Gasteiger partial charge on any atom is -0.390 e. The molecule has 1 aromatic rings. The number of hydrogen-bond donors (Lipinski definition) is 1. The summed E-state index contributed by atoms with van der Waals surface area (Å²) >= 11 is 0. The minimum atomic E-state index is -0.443. The molecule has 0 aliphatic rings. The summed E-state index contributed by atoms with van der Waals surface area (Å²) in [7, 11) is 1.65. The van der Waals surface area contributed by atoms with Crippen LogP contribution in [0.4, 0.5) is 0 Å². The van der Waals surface area contributed by atoms with E-state index in [4.69, 9.17) is 4.74 Å². The monoisotopic (exact) mass is 236 g/mol. The van der Waals surface area contributed by atoms with Crippen molar-refractivity contribution in [2.45, 2.75) is 45.8 Å². The first-order valence-electron chi connectivity index (χ1n) is 6.20. The van der Waals surface area contributed by atoms with Crippen LogP contribution >= 0.6 is 0 Å². The van der Waals surface area contributed by atoms with E-state index < -0.39 is 6.10 Å². The Bertz CT molecular complexity index is 313. The maximum absolute atomic E-state index is 10.2. The summed E-state index contributed by atoms with van der Waals surface area (Å²) in [4.78, 5) is 0. The minimum absolute atomic E-state index is 0.224. The lowest BCUT2D eigenvalue weighted by Gasteiger charge is -2.25. The topological polar surface area (TPSA) is 29.5 Å². The molecule has 0 saturated carbocycles. The first-order valence-corrected chi connectivity index (χ1v) is 6.20. The van der Waals surface area contributed by atoms with Gasteiger partial charge in [-0.2, -0.15) is 0 Å². The number of rotatable bonds is 5. The second-order valence-corrected chi connectivity index (χ2v) is 5.73. The smallest absolute Gasteiger partial charge is 0.108 e. The fraction of sp³-hybridized carbons (Fsp3) is 0.600. The van der Waals surface area contributed by atoms with Gasteiger partial charge in [0.05, 0.1) is 6.10 Å². The average molecular weight is 236 g/mol. The van der Waals surface area contributed by atoms with E-state index >= 15 is 0 Å². The van der Waals surface area contributed by atoms with Crippen molar-refractivity contribution >= 4 is 0 Å². The van der Waals surface area contributed by atoms with Crippen molar-refractivity contribution in [1.82, 2.24) is 0 Å². The van der Waals surface area contributed by atoms with Crippen molar-refractivity contribution in [3.8, 4) is 0 Å². The van der Waals surface area contributed by atoms with Gasteiger partial charge in [-0.15, -0.1) is 0 Å². The lowest BCUT2D eigenvalue weighted by molar-refractivity contribution is -0.0217. The van der Waals surface area contributed by atoms with Crippen LogP contribution in [0.3, 0.4) is 0 Å². The predicted octanol–water partition coefficient (Wildman–Crippen LogP) is 3.56.